The molecule has 0 fully saturated rings. The van der Waals surface area contributed by atoms with Crippen LogP contribution in [0.3, 0.4) is 0 Å². The van der Waals surface area contributed by atoms with E-state index in [2.05, 4.69) is 23.3 Å². The number of nitrogens with zero attached hydrogens (tertiary/aromatic N) is 1. The van der Waals surface area contributed by atoms with Crippen LogP contribution < -0.4 is 5.32 Å². The lowest BCUT2D eigenvalue weighted by Gasteiger charge is -2.06. The Labute approximate surface area is 117 Å². The van der Waals surface area contributed by atoms with Gasteiger partial charge in [0.05, 0.1) is 12.1 Å². The van der Waals surface area contributed by atoms with E-state index in [1.807, 2.05) is 32.9 Å². The molecule has 0 radical (unpaired) electrons. The van der Waals surface area contributed by atoms with E-state index in [0.29, 0.717) is 11.6 Å². The smallest absolute Gasteiger partial charge is 0.230 e. The highest BCUT2D eigenvalue weighted by atomic mass is 32.1. The van der Waals surface area contributed by atoms with Crippen molar-refractivity contribution in [2.45, 2.75) is 34.1 Å². The van der Waals surface area contributed by atoms with E-state index in [0.717, 1.165) is 21.7 Å². The first-order valence-corrected chi connectivity index (χ1v) is 7.07. The molecule has 3 nitrogen and oxygen atoms in total. The Hall–Kier alpha value is -1.68. The zero-order valence-electron chi connectivity index (χ0n) is 11.7. The number of nitrogens with one attached hydrogen (secondary N) is 1. The van der Waals surface area contributed by atoms with Crippen molar-refractivity contribution in [3.05, 3.63) is 45.5 Å². The van der Waals surface area contributed by atoms with Gasteiger partial charge in [0, 0.05) is 4.88 Å². The number of aromatic nitrogens is 1. The van der Waals surface area contributed by atoms with Gasteiger partial charge in [-0.1, -0.05) is 23.8 Å². The van der Waals surface area contributed by atoms with Crippen LogP contribution in [0, 0.1) is 27.7 Å². The summed E-state index contributed by atoms with van der Waals surface area (Å²) >= 11 is 1.52. The fourth-order valence-corrected chi connectivity index (χ4v) is 2.74. The van der Waals surface area contributed by atoms with E-state index < -0.39 is 0 Å². The predicted octanol–water partition coefficient (Wildman–Crippen LogP) is 3.56. The lowest BCUT2D eigenvalue weighted by atomic mass is 10.0. The summed E-state index contributed by atoms with van der Waals surface area (Å²) in [7, 11) is 0. The van der Waals surface area contributed by atoms with E-state index in [-0.39, 0.29) is 5.91 Å². The predicted molar refractivity (Wildman–Crippen MR) is 79.8 cm³/mol. The summed E-state index contributed by atoms with van der Waals surface area (Å²) in [5, 5.41) is 3.55. The van der Waals surface area contributed by atoms with E-state index in [4.69, 9.17) is 0 Å². The van der Waals surface area contributed by atoms with Crippen LogP contribution in [0.1, 0.15) is 27.3 Å². The average molecular weight is 274 g/mol. The number of aryl methyl sites for hydroxylation is 4. The minimum absolute atomic E-state index is 0.0132. The molecule has 0 spiro atoms. The third-order valence-electron chi connectivity index (χ3n) is 3.12. The van der Waals surface area contributed by atoms with Crippen LogP contribution in [0.2, 0.25) is 0 Å². The molecule has 0 atom stereocenters. The van der Waals surface area contributed by atoms with Crippen LogP contribution in [0.15, 0.2) is 18.2 Å². The normalized spacial score (nSPS) is 10.5. The third-order valence-corrected chi connectivity index (χ3v) is 4.11. The molecule has 0 aliphatic rings. The van der Waals surface area contributed by atoms with Crippen LogP contribution in [0.4, 0.5) is 5.13 Å². The molecule has 19 heavy (non-hydrogen) atoms. The van der Waals surface area contributed by atoms with Gasteiger partial charge in [-0.25, -0.2) is 4.98 Å². The highest BCUT2D eigenvalue weighted by Crippen LogP contribution is 2.21. The molecule has 1 aromatic heterocycles. The average Bonchev–Trinajstić information content (AvgIpc) is 2.62. The quantitative estimate of drug-likeness (QED) is 0.930. The minimum atomic E-state index is -0.0132. The van der Waals surface area contributed by atoms with Crippen LogP contribution in [0.5, 0.6) is 0 Å². The Morgan fingerprint density at radius 2 is 2.00 bits per heavy atom. The number of thiazole rings is 1. The second-order valence-electron chi connectivity index (χ2n) is 4.82. The van der Waals surface area contributed by atoms with Gasteiger partial charge in [0.1, 0.15) is 0 Å². The summed E-state index contributed by atoms with van der Waals surface area (Å²) in [5.41, 5.74) is 4.41. The summed E-state index contributed by atoms with van der Waals surface area (Å²) in [6, 6.07) is 6.15. The largest absolute Gasteiger partial charge is 0.302 e. The standard InChI is InChI=1S/C15H18N2OS/c1-9-5-6-13(10(2)7-9)8-14(18)17-15-16-11(3)12(4)19-15/h5-7H,8H2,1-4H3,(H,16,17,18). The second-order valence-corrected chi connectivity index (χ2v) is 6.02. The van der Waals surface area contributed by atoms with Crippen molar-refractivity contribution in [2.24, 2.45) is 0 Å². The Balaban J connectivity index is 2.05. The number of anilines is 1. The fraction of sp³-hybridized carbons (Fsp3) is 0.333. The van der Waals surface area contributed by atoms with E-state index in [1.165, 1.54) is 16.9 Å². The highest BCUT2D eigenvalue weighted by molar-refractivity contribution is 7.15. The van der Waals surface area contributed by atoms with Gasteiger partial charge in [0.25, 0.3) is 0 Å². The molecule has 0 unspecified atom stereocenters. The van der Waals surface area contributed by atoms with Crippen LogP contribution in [-0.2, 0) is 11.2 Å². The second kappa shape index (κ2) is 5.53. The van der Waals surface area contributed by atoms with Gasteiger partial charge in [0.15, 0.2) is 5.13 Å². The van der Waals surface area contributed by atoms with Crippen molar-refractivity contribution in [3.8, 4) is 0 Å². The summed E-state index contributed by atoms with van der Waals surface area (Å²) < 4.78 is 0. The first kappa shape index (κ1) is 13.7. The van der Waals surface area contributed by atoms with Crippen LogP contribution in [0.25, 0.3) is 0 Å². The van der Waals surface area contributed by atoms with Gasteiger partial charge in [-0.3, -0.25) is 4.79 Å². The lowest BCUT2D eigenvalue weighted by Crippen LogP contribution is -2.14. The van der Waals surface area contributed by atoms with Crippen LogP contribution >= 0.6 is 11.3 Å². The zero-order valence-corrected chi connectivity index (χ0v) is 12.5. The van der Waals surface area contributed by atoms with E-state index >= 15 is 0 Å². The highest BCUT2D eigenvalue weighted by Gasteiger charge is 2.10. The van der Waals surface area contributed by atoms with Crippen molar-refractivity contribution >= 4 is 22.4 Å². The number of carbonyl (C=O) groups excluding carboxylic acids is 1. The minimum Gasteiger partial charge on any atom is -0.302 e. The van der Waals surface area contributed by atoms with Crippen LogP contribution in [-0.4, -0.2) is 10.9 Å². The first-order valence-electron chi connectivity index (χ1n) is 6.25. The Morgan fingerprint density at radius 1 is 1.26 bits per heavy atom. The van der Waals surface area contributed by atoms with Gasteiger partial charge in [0.2, 0.25) is 5.91 Å². The van der Waals surface area contributed by atoms with Crippen molar-refractivity contribution in [2.75, 3.05) is 5.32 Å². The maximum absolute atomic E-state index is 12.0. The maximum Gasteiger partial charge on any atom is 0.230 e. The van der Waals surface area contributed by atoms with Gasteiger partial charge in [-0.05, 0) is 38.8 Å². The number of rotatable bonds is 3. The summed E-state index contributed by atoms with van der Waals surface area (Å²) in [5.74, 6) is -0.0132. The molecule has 0 saturated heterocycles. The molecule has 1 amide bonds. The molecule has 0 aliphatic carbocycles. The Bertz CT molecular complexity index is 597. The molecule has 1 N–H and O–H groups in total. The number of hydrogen-bond donors (Lipinski definition) is 1. The van der Waals surface area contributed by atoms with E-state index in [9.17, 15) is 4.79 Å². The molecule has 0 bridgehead atoms. The lowest BCUT2D eigenvalue weighted by molar-refractivity contribution is -0.115. The molecular formula is C15H18N2OS. The summed E-state index contributed by atoms with van der Waals surface area (Å²) in [6.45, 7) is 8.05. The number of carbonyl (C=O) groups is 1. The molecular weight excluding hydrogens is 256 g/mol. The number of benzene rings is 1. The Kier molecular flexibility index (Phi) is 4.00. The molecule has 4 heteroatoms. The zero-order chi connectivity index (χ0) is 14.0. The molecule has 0 aliphatic heterocycles. The molecule has 2 rings (SSSR count). The van der Waals surface area contributed by atoms with E-state index in [1.54, 1.807) is 0 Å². The van der Waals surface area contributed by atoms with Crippen molar-refractivity contribution in [1.29, 1.82) is 0 Å². The molecule has 100 valence electrons. The number of amides is 1. The Morgan fingerprint density at radius 3 is 2.58 bits per heavy atom. The maximum atomic E-state index is 12.0. The molecule has 2 aromatic rings. The summed E-state index contributed by atoms with van der Waals surface area (Å²) in [6.07, 6.45) is 0.393. The molecule has 0 saturated carbocycles. The van der Waals surface area contributed by atoms with Crippen molar-refractivity contribution in [3.63, 3.8) is 0 Å². The van der Waals surface area contributed by atoms with Crippen molar-refractivity contribution in [1.82, 2.24) is 4.98 Å². The monoisotopic (exact) mass is 274 g/mol. The van der Waals surface area contributed by atoms with Crippen molar-refractivity contribution < 1.29 is 4.79 Å². The molecule has 1 aromatic carbocycles. The van der Waals surface area contributed by atoms with Gasteiger partial charge in [-0.2, -0.15) is 0 Å². The molecule has 1 heterocycles. The number of hydrogen-bond acceptors (Lipinski definition) is 3. The van der Waals surface area contributed by atoms with Gasteiger partial charge < -0.3 is 5.32 Å². The van der Waals surface area contributed by atoms with Gasteiger partial charge in [-0.15, -0.1) is 11.3 Å². The first-order chi connectivity index (χ1) is 8.95. The third kappa shape index (κ3) is 3.41. The SMILES string of the molecule is Cc1ccc(CC(=O)Nc2nc(C)c(C)s2)c(C)c1. The topological polar surface area (TPSA) is 42.0 Å². The fourth-order valence-electron chi connectivity index (χ4n) is 1.91. The summed E-state index contributed by atoms with van der Waals surface area (Å²) in [4.78, 5) is 17.5. The van der Waals surface area contributed by atoms with Gasteiger partial charge >= 0.3 is 0 Å².